The molecule has 0 aliphatic carbocycles. The fourth-order valence-corrected chi connectivity index (χ4v) is 1.61. The van der Waals surface area contributed by atoms with Gasteiger partial charge in [-0.1, -0.05) is 5.92 Å². The first-order valence-electron chi connectivity index (χ1n) is 4.65. The molecule has 0 radical (unpaired) electrons. The van der Waals surface area contributed by atoms with Crippen LogP contribution in [0.5, 0.6) is 0 Å². The number of anilines is 1. The van der Waals surface area contributed by atoms with Crippen molar-refractivity contribution in [2.45, 2.75) is 12.3 Å². The topological polar surface area (TPSA) is 16.1 Å². The molecule has 0 unspecified atom stereocenters. The van der Waals surface area contributed by atoms with Crippen LogP contribution in [0.3, 0.4) is 0 Å². The highest BCUT2D eigenvalue weighted by Crippen LogP contribution is 2.23. The quantitative estimate of drug-likeness (QED) is 0.651. The largest absolute Gasteiger partial charge is 0.364 e. The number of halogens is 2. The van der Waals surface area contributed by atoms with Crippen molar-refractivity contribution >= 4 is 5.69 Å². The molecule has 1 aromatic heterocycles. The predicted molar refractivity (Wildman–Crippen MR) is 54.2 cm³/mol. The molecule has 0 amide bonds. The van der Waals surface area contributed by atoms with E-state index in [0.29, 0.717) is 11.3 Å². The van der Waals surface area contributed by atoms with E-state index in [1.807, 2.05) is 0 Å². The molecule has 78 valence electrons. The molecule has 0 N–H and O–H groups in total. The maximum Gasteiger partial charge on any atom is 0.150 e. The lowest BCUT2D eigenvalue weighted by Gasteiger charge is -2.16. The third kappa shape index (κ3) is 1.91. The van der Waals surface area contributed by atoms with Crippen molar-refractivity contribution in [3.05, 3.63) is 24.0 Å². The van der Waals surface area contributed by atoms with Gasteiger partial charge in [-0.25, -0.2) is 8.78 Å². The van der Waals surface area contributed by atoms with Crippen LogP contribution in [0.4, 0.5) is 14.5 Å². The van der Waals surface area contributed by atoms with Gasteiger partial charge in [0.1, 0.15) is 0 Å². The number of aromatic nitrogens is 1. The number of pyridine rings is 1. The van der Waals surface area contributed by atoms with Crippen LogP contribution in [0.15, 0.2) is 18.5 Å². The molecule has 2 heterocycles. The first-order valence-corrected chi connectivity index (χ1v) is 4.65. The molecule has 0 bridgehead atoms. The highest BCUT2D eigenvalue weighted by molar-refractivity contribution is 5.50. The van der Waals surface area contributed by atoms with Crippen molar-refractivity contribution in [1.82, 2.24) is 4.98 Å². The van der Waals surface area contributed by atoms with Gasteiger partial charge in [0.2, 0.25) is 0 Å². The molecule has 15 heavy (non-hydrogen) atoms. The minimum atomic E-state index is -1.42. The molecular formula is C11H10F2N2. The fourth-order valence-electron chi connectivity index (χ4n) is 1.61. The number of terminal acetylenes is 1. The zero-order valence-corrected chi connectivity index (χ0v) is 8.03. The monoisotopic (exact) mass is 208 g/mol. The van der Waals surface area contributed by atoms with E-state index in [2.05, 4.69) is 10.9 Å². The second-order valence-electron chi connectivity index (χ2n) is 3.51. The molecule has 0 saturated carbocycles. The minimum absolute atomic E-state index is 0.0663. The summed E-state index contributed by atoms with van der Waals surface area (Å²) in [4.78, 5) is 5.54. The van der Waals surface area contributed by atoms with Crippen molar-refractivity contribution in [2.75, 3.05) is 18.0 Å². The van der Waals surface area contributed by atoms with Gasteiger partial charge in [-0.15, -0.1) is 6.42 Å². The van der Waals surface area contributed by atoms with Crippen molar-refractivity contribution in [3.63, 3.8) is 0 Å². The summed E-state index contributed by atoms with van der Waals surface area (Å²) in [5.74, 6) is 2.44. The number of alkyl halides is 2. The van der Waals surface area contributed by atoms with Crippen LogP contribution in [0.2, 0.25) is 0 Å². The van der Waals surface area contributed by atoms with Crippen LogP contribution in [0, 0.1) is 12.3 Å². The highest BCUT2D eigenvalue weighted by atomic mass is 19.2. The average Bonchev–Trinajstić information content (AvgIpc) is 2.59. The van der Waals surface area contributed by atoms with Crippen LogP contribution in [0.1, 0.15) is 5.56 Å². The Hall–Kier alpha value is -1.63. The molecule has 0 spiro atoms. The molecule has 1 aliphatic heterocycles. The van der Waals surface area contributed by atoms with Gasteiger partial charge in [0.15, 0.2) is 12.3 Å². The molecule has 2 atom stereocenters. The first kappa shape index (κ1) is 9.91. The lowest BCUT2D eigenvalue weighted by molar-refractivity contribution is 0.217. The Morgan fingerprint density at radius 1 is 1.33 bits per heavy atom. The zero-order valence-electron chi connectivity index (χ0n) is 8.03. The second kappa shape index (κ2) is 3.85. The number of rotatable bonds is 1. The fraction of sp³-hybridized carbons (Fsp3) is 0.364. The average molecular weight is 208 g/mol. The Morgan fingerprint density at radius 2 is 2.00 bits per heavy atom. The standard InChI is InChI=1S/C11H10F2N2/c1-2-8-3-9(5-14-4-8)15-6-10(12)11(13)7-15/h1,3-5,10-11H,6-7H2/t10-,11+. The second-order valence-corrected chi connectivity index (χ2v) is 3.51. The molecule has 4 heteroatoms. The van der Waals surface area contributed by atoms with Crippen LogP contribution in [-0.2, 0) is 0 Å². The molecule has 1 aliphatic rings. The summed E-state index contributed by atoms with van der Waals surface area (Å²) in [5, 5.41) is 0. The molecule has 1 aromatic rings. The Bertz CT molecular complexity index is 390. The number of hydrogen-bond acceptors (Lipinski definition) is 2. The summed E-state index contributed by atoms with van der Waals surface area (Å²) >= 11 is 0. The van der Waals surface area contributed by atoms with Gasteiger partial charge in [0.05, 0.1) is 25.0 Å². The van der Waals surface area contributed by atoms with Gasteiger partial charge < -0.3 is 4.90 Å². The van der Waals surface area contributed by atoms with Crippen molar-refractivity contribution in [3.8, 4) is 12.3 Å². The SMILES string of the molecule is C#Cc1cncc(N2C[C@@H](F)[C@@H](F)C2)c1. The van der Waals surface area contributed by atoms with Gasteiger partial charge in [-0.3, -0.25) is 4.98 Å². The molecular weight excluding hydrogens is 198 g/mol. The lowest BCUT2D eigenvalue weighted by Crippen LogP contribution is -2.20. The van der Waals surface area contributed by atoms with E-state index in [4.69, 9.17) is 6.42 Å². The van der Waals surface area contributed by atoms with Gasteiger partial charge in [0, 0.05) is 11.8 Å². The maximum absolute atomic E-state index is 13.0. The Kier molecular flexibility index (Phi) is 2.55. The molecule has 1 fully saturated rings. The predicted octanol–water partition coefficient (Wildman–Crippen LogP) is 1.56. The minimum Gasteiger partial charge on any atom is -0.364 e. The summed E-state index contributed by atoms with van der Waals surface area (Å²) in [6.07, 6.45) is 5.48. The normalized spacial score (nSPS) is 25.3. The maximum atomic E-state index is 13.0. The Labute approximate surface area is 86.9 Å². The van der Waals surface area contributed by atoms with E-state index in [1.165, 1.54) is 0 Å². The number of nitrogens with zero attached hydrogens (tertiary/aromatic N) is 2. The summed E-state index contributed by atoms with van der Waals surface area (Å²) in [5.41, 5.74) is 1.29. The van der Waals surface area contributed by atoms with Crippen LogP contribution >= 0.6 is 0 Å². The summed E-state index contributed by atoms with van der Waals surface area (Å²) in [6.45, 7) is 0.133. The summed E-state index contributed by atoms with van der Waals surface area (Å²) < 4.78 is 25.9. The lowest BCUT2D eigenvalue weighted by atomic mass is 10.2. The van der Waals surface area contributed by atoms with Gasteiger partial charge in [-0.05, 0) is 6.07 Å². The van der Waals surface area contributed by atoms with E-state index >= 15 is 0 Å². The van der Waals surface area contributed by atoms with Crippen LogP contribution in [0.25, 0.3) is 0 Å². The summed E-state index contributed by atoms with van der Waals surface area (Å²) in [7, 11) is 0. The van der Waals surface area contributed by atoms with E-state index in [9.17, 15) is 8.78 Å². The molecule has 2 rings (SSSR count). The van der Waals surface area contributed by atoms with Gasteiger partial charge >= 0.3 is 0 Å². The van der Waals surface area contributed by atoms with E-state index in [0.717, 1.165) is 0 Å². The van der Waals surface area contributed by atoms with E-state index in [1.54, 1.807) is 23.4 Å². The third-order valence-electron chi connectivity index (χ3n) is 2.44. The van der Waals surface area contributed by atoms with Gasteiger partial charge in [0.25, 0.3) is 0 Å². The third-order valence-corrected chi connectivity index (χ3v) is 2.44. The van der Waals surface area contributed by atoms with Crippen LogP contribution < -0.4 is 4.90 Å². The molecule has 0 aromatic carbocycles. The first-order chi connectivity index (χ1) is 7.20. The van der Waals surface area contributed by atoms with Gasteiger partial charge in [-0.2, -0.15) is 0 Å². The zero-order chi connectivity index (χ0) is 10.8. The Balaban J connectivity index is 2.21. The highest BCUT2D eigenvalue weighted by Gasteiger charge is 2.32. The molecule has 1 saturated heterocycles. The van der Waals surface area contributed by atoms with Crippen molar-refractivity contribution in [2.24, 2.45) is 0 Å². The number of hydrogen-bond donors (Lipinski definition) is 0. The van der Waals surface area contributed by atoms with Crippen LogP contribution in [-0.4, -0.2) is 30.4 Å². The smallest absolute Gasteiger partial charge is 0.150 e. The molecule has 2 nitrogen and oxygen atoms in total. The van der Waals surface area contributed by atoms with Crippen molar-refractivity contribution in [1.29, 1.82) is 0 Å². The van der Waals surface area contributed by atoms with Crippen molar-refractivity contribution < 1.29 is 8.78 Å². The van der Waals surface area contributed by atoms with E-state index in [-0.39, 0.29) is 13.1 Å². The summed E-state index contributed by atoms with van der Waals surface area (Å²) in [6, 6.07) is 1.71. The van der Waals surface area contributed by atoms with E-state index < -0.39 is 12.3 Å². The Morgan fingerprint density at radius 3 is 2.60 bits per heavy atom.